The first-order chi connectivity index (χ1) is 9.63. The van der Waals surface area contributed by atoms with Crippen LogP contribution in [0.4, 0.5) is 5.69 Å². The molecule has 0 saturated heterocycles. The van der Waals surface area contributed by atoms with Crippen LogP contribution in [-0.2, 0) is 6.54 Å². The summed E-state index contributed by atoms with van der Waals surface area (Å²) in [6.45, 7) is 1.87. The highest BCUT2D eigenvalue weighted by Gasteiger charge is 2.12. The van der Waals surface area contributed by atoms with Crippen molar-refractivity contribution in [1.82, 2.24) is 14.8 Å². The van der Waals surface area contributed by atoms with Gasteiger partial charge in [0.15, 0.2) is 0 Å². The standard InChI is InChI=1S/C13H15ClN4O2/c1-9(10-4-2-3-5-15-10)17-11-8-16-18(6-7-19)13(20)12(11)14/h2-5,8-9,17,19H,6-7H2,1H3. The molecule has 0 aliphatic heterocycles. The number of aliphatic hydroxyl groups is 1. The number of rotatable bonds is 5. The summed E-state index contributed by atoms with van der Waals surface area (Å²) < 4.78 is 1.12. The first-order valence-electron chi connectivity index (χ1n) is 6.17. The molecule has 7 heteroatoms. The van der Waals surface area contributed by atoms with E-state index in [0.29, 0.717) is 5.69 Å². The molecule has 106 valence electrons. The predicted molar refractivity (Wildman–Crippen MR) is 76.9 cm³/mol. The lowest BCUT2D eigenvalue weighted by molar-refractivity contribution is 0.266. The van der Waals surface area contributed by atoms with Crippen LogP contribution >= 0.6 is 11.6 Å². The van der Waals surface area contributed by atoms with Crippen molar-refractivity contribution in [2.45, 2.75) is 19.5 Å². The lowest BCUT2D eigenvalue weighted by Crippen LogP contribution is -2.26. The number of aromatic nitrogens is 3. The number of nitrogens with zero attached hydrogens (tertiary/aromatic N) is 3. The van der Waals surface area contributed by atoms with Gasteiger partial charge < -0.3 is 10.4 Å². The van der Waals surface area contributed by atoms with Crippen LogP contribution in [0.25, 0.3) is 0 Å². The number of nitrogens with one attached hydrogen (secondary N) is 1. The van der Waals surface area contributed by atoms with Gasteiger partial charge in [-0.3, -0.25) is 9.78 Å². The summed E-state index contributed by atoms with van der Waals surface area (Å²) in [7, 11) is 0. The molecule has 2 heterocycles. The molecule has 0 saturated carbocycles. The van der Waals surface area contributed by atoms with Gasteiger partial charge in [-0.25, -0.2) is 4.68 Å². The van der Waals surface area contributed by atoms with Gasteiger partial charge >= 0.3 is 0 Å². The van der Waals surface area contributed by atoms with Gasteiger partial charge in [0.25, 0.3) is 5.56 Å². The molecule has 6 nitrogen and oxygen atoms in total. The van der Waals surface area contributed by atoms with E-state index in [1.54, 1.807) is 6.20 Å². The fraction of sp³-hybridized carbons (Fsp3) is 0.308. The minimum absolute atomic E-state index is 0.0521. The fourth-order valence-corrected chi connectivity index (χ4v) is 1.96. The Kier molecular flexibility index (Phi) is 4.70. The van der Waals surface area contributed by atoms with Crippen LogP contribution in [-0.4, -0.2) is 26.5 Å². The predicted octanol–water partition coefficient (Wildman–Crippen LogP) is 1.46. The third-order valence-corrected chi connectivity index (χ3v) is 3.17. The highest BCUT2D eigenvalue weighted by Crippen LogP contribution is 2.21. The minimum atomic E-state index is -0.432. The molecule has 0 amide bonds. The Hall–Kier alpha value is -1.92. The van der Waals surface area contributed by atoms with Crippen molar-refractivity contribution in [1.29, 1.82) is 0 Å². The number of hydrogen-bond acceptors (Lipinski definition) is 5. The van der Waals surface area contributed by atoms with Crippen LogP contribution in [0.2, 0.25) is 5.02 Å². The third-order valence-electron chi connectivity index (χ3n) is 2.80. The minimum Gasteiger partial charge on any atom is -0.394 e. The van der Waals surface area contributed by atoms with Crippen LogP contribution in [0.15, 0.2) is 35.4 Å². The van der Waals surface area contributed by atoms with Crippen LogP contribution in [0, 0.1) is 0 Å². The summed E-state index contributed by atoms with van der Waals surface area (Å²) in [5.41, 5.74) is 0.853. The second-order valence-electron chi connectivity index (χ2n) is 4.24. The van der Waals surface area contributed by atoms with Gasteiger partial charge in [-0.05, 0) is 19.1 Å². The van der Waals surface area contributed by atoms with Gasteiger partial charge in [0.05, 0.1) is 36.8 Å². The summed E-state index contributed by atoms with van der Waals surface area (Å²) in [4.78, 5) is 16.1. The molecule has 0 bridgehead atoms. The molecule has 2 aromatic heterocycles. The van der Waals surface area contributed by atoms with E-state index in [2.05, 4.69) is 15.4 Å². The molecule has 2 N–H and O–H groups in total. The largest absolute Gasteiger partial charge is 0.394 e. The van der Waals surface area contributed by atoms with Gasteiger partial charge in [-0.1, -0.05) is 17.7 Å². The van der Waals surface area contributed by atoms with Crippen molar-refractivity contribution in [3.8, 4) is 0 Å². The molecular weight excluding hydrogens is 280 g/mol. The molecule has 0 radical (unpaired) electrons. The topological polar surface area (TPSA) is 80.0 Å². The maximum atomic E-state index is 11.9. The zero-order valence-electron chi connectivity index (χ0n) is 11.0. The zero-order chi connectivity index (χ0) is 14.5. The molecule has 2 aromatic rings. The third kappa shape index (κ3) is 3.15. The molecule has 0 fully saturated rings. The molecular formula is C13H15ClN4O2. The Morgan fingerprint density at radius 3 is 2.95 bits per heavy atom. The molecule has 0 aliphatic carbocycles. The van der Waals surface area contributed by atoms with Crippen LogP contribution < -0.4 is 10.9 Å². The number of anilines is 1. The van der Waals surface area contributed by atoms with Gasteiger partial charge in [-0.15, -0.1) is 0 Å². The van der Waals surface area contributed by atoms with Crippen LogP contribution in [0.3, 0.4) is 0 Å². The van der Waals surface area contributed by atoms with Gasteiger partial charge in [0.2, 0.25) is 0 Å². The maximum absolute atomic E-state index is 11.9. The Morgan fingerprint density at radius 2 is 2.30 bits per heavy atom. The van der Waals surface area contributed by atoms with Crippen molar-refractivity contribution < 1.29 is 5.11 Å². The Bertz CT molecular complexity index is 630. The van der Waals surface area contributed by atoms with Crippen molar-refractivity contribution >= 4 is 17.3 Å². The SMILES string of the molecule is CC(Nc1cnn(CCO)c(=O)c1Cl)c1ccccn1. The lowest BCUT2D eigenvalue weighted by Gasteiger charge is -2.15. The Balaban J connectivity index is 2.22. The van der Waals surface area contributed by atoms with Crippen molar-refractivity contribution in [3.63, 3.8) is 0 Å². The average Bonchev–Trinajstić information content (AvgIpc) is 2.48. The quantitative estimate of drug-likeness (QED) is 0.872. The second-order valence-corrected chi connectivity index (χ2v) is 4.62. The summed E-state index contributed by atoms with van der Waals surface area (Å²) >= 11 is 6.03. The summed E-state index contributed by atoms with van der Waals surface area (Å²) in [6.07, 6.45) is 3.17. The van der Waals surface area contributed by atoms with E-state index >= 15 is 0 Å². The summed E-state index contributed by atoms with van der Waals surface area (Å²) in [5.74, 6) is 0. The van der Waals surface area contributed by atoms with E-state index in [1.165, 1.54) is 6.20 Å². The fourth-order valence-electron chi connectivity index (χ4n) is 1.76. The maximum Gasteiger partial charge on any atom is 0.287 e. The normalized spacial score (nSPS) is 12.2. The summed E-state index contributed by atoms with van der Waals surface area (Å²) in [5, 5.41) is 15.9. The number of aliphatic hydroxyl groups excluding tert-OH is 1. The van der Waals surface area contributed by atoms with E-state index in [1.807, 2.05) is 25.1 Å². The number of pyridine rings is 1. The average molecular weight is 295 g/mol. The second kappa shape index (κ2) is 6.49. The first kappa shape index (κ1) is 14.5. The number of hydrogen-bond donors (Lipinski definition) is 2. The molecule has 0 spiro atoms. The molecule has 2 rings (SSSR count). The molecule has 0 aliphatic rings. The molecule has 1 unspecified atom stereocenters. The van der Waals surface area contributed by atoms with Crippen LogP contribution in [0.5, 0.6) is 0 Å². The highest BCUT2D eigenvalue weighted by atomic mass is 35.5. The van der Waals surface area contributed by atoms with Gasteiger partial charge in [-0.2, -0.15) is 5.10 Å². The van der Waals surface area contributed by atoms with E-state index in [0.717, 1.165) is 10.4 Å². The first-order valence-corrected chi connectivity index (χ1v) is 6.55. The van der Waals surface area contributed by atoms with E-state index < -0.39 is 5.56 Å². The van der Waals surface area contributed by atoms with Crippen molar-refractivity contribution in [2.24, 2.45) is 0 Å². The van der Waals surface area contributed by atoms with Gasteiger partial charge in [0, 0.05) is 6.20 Å². The molecule has 0 aromatic carbocycles. The Morgan fingerprint density at radius 1 is 1.50 bits per heavy atom. The molecule has 20 heavy (non-hydrogen) atoms. The van der Waals surface area contributed by atoms with E-state index in [9.17, 15) is 4.79 Å². The summed E-state index contributed by atoms with van der Waals surface area (Å²) in [6, 6.07) is 5.50. The van der Waals surface area contributed by atoms with E-state index in [-0.39, 0.29) is 24.2 Å². The zero-order valence-corrected chi connectivity index (χ0v) is 11.7. The lowest BCUT2D eigenvalue weighted by atomic mass is 10.2. The van der Waals surface area contributed by atoms with Crippen molar-refractivity contribution in [3.05, 3.63) is 51.7 Å². The highest BCUT2D eigenvalue weighted by molar-refractivity contribution is 6.32. The van der Waals surface area contributed by atoms with Gasteiger partial charge in [0.1, 0.15) is 5.02 Å². The smallest absolute Gasteiger partial charge is 0.287 e. The Labute approximate surface area is 121 Å². The van der Waals surface area contributed by atoms with E-state index in [4.69, 9.17) is 16.7 Å². The number of halogens is 1. The van der Waals surface area contributed by atoms with Crippen LogP contribution in [0.1, 0.15) is 18.7 Å². The van der Waals surface area contributed by atoms with Crippen molar-refractivity contribution in [2.75, 3.05) is 11.9 Å². The monoisotopic (exact) mass is 294 g/mol. The molecule has 1 atom stereocenters.